The number of unbranched alkanes of at least 4 members (excludes halogenated alkanes) is 1. The molecule has 1 atom stereocenters. The number of halogens is 1. The number of anilines is 2. The fourth-order valence-electron chi connectivity index (χ4n) is 3.23. The predicted octanol–water partition coefficient (Wildman–Crippen LogP) is 7.38. The number of thioether (sulfide) groups is 1. The number of rotatable bonds is 13. The van der Waals surface area contributed by atoms with Crippen molar-refractivity contribution in [1.82, 2.24) is 10.2 Å². The maximum Gasteiger partial charge on any atom is 0.320 e. The highest BCUT2D eigenvalue weighted by Gasteiger charge is 2.15. The van der Waals surface area contributed by atoms with Crippen LogP contribution in [0.25, 0.3) is 11.5 Å². The van der Waals surface area contributed by atoms with Crippen LogP contribution in [0.2, 0.25) is 5.02 Å². The second-order valence-electron chi connectivity index (χ2n) is 7.74. The van der Waals surface area contributed by atoms with Gasteiger partial charge in [0.05, 0.1) is 18.6 Å². The summed E-state index contributed by atoms with van der Waals surface area (Å²) >= 11 is 7.50. The maximum atomic E-state index is 12.2. The molecule has 0 aliphatic carbocycles. The van der Waals surface area contributed by atoms with E-state index >= 15 is 0 Å². The van der Waals surface area contributed by atoms with Crippen LogP contribution in [0.15, 0.2) is 57.8 Å². The summed E-state index contributed by atoms with van der Waals surface area (Å²) in [6, 6.07) is 15.3. The van der Waals surface area contributed by atoms with Gasteiger partial charge in [-0.05, 0) is 48.7 Å². The molecule has 0 bridgehead atoms. The molecule has 0 radical (unpaired) electrons. The maximum absolute atomic E-state index is 12.2. The number of ether oxygens (including phenoxy) is 1. The van der Waals surface area contributed by atoms with E-state index in [1.807, 2.05) is 36.4 Å². The summed E-state index contributed by atoms with van der Waals surface area (Å²) in [6.45, 7) is 4.84. The summed E-state index contributed by atoms with van der Waals surface area (Å²) < 4.78 is 11.3. The lowest BCUT2D eigenvalue weighted by molar-refractivity contribution is -0.144. The third kappa shape index (κ3) is 8.09. The molecule has 1 heterocycles. The zero-order valence-electron chi connectivity index (χ0n) is 19.1. The average molecular weight is 488 g/mol. The Balaban J connectivity index is 1.53. The number of nitrogens with zero attached hydrogens (tertiary/aromatic N) is 2. The standard InChI is InChI=1S/C25H30ClN3O3S/c1-3-5-8-18(4-2)17-31-23(30)15-16-33-22-10-7-6-9-21(22)24-28-29-25(32-24)27-20-13-11-19(26)12-14-20/h6-7,9-14,18H,3-5,8,15-17H2,1-2H3,(H,27,29). The fraction of sp³-hybridized carbons (Fsp3) is 0.400. The molecule has 0 saturated carbocycles. The highest BCUT2D eigenvalue weighted by molar-refractivity contribution is 7.99. The number of hydrogen-bond donors (Lipinski definition) is 1. The molecule has 8 heteroatoms. The molecule has 0 spiro atoms. The quantitative estimate of drug-likeness (QED) is 0.199. The van der Waals surface area contributed by atoms with Crippen LogP contribution in [-0.4, -0.2) is 28.5 Å². The van der Waals surface area contributed by atoms with Crippen molar-refractivity contribution >= 4 is 41.0 Å². The van der Waals surface area contributed by atoms with Gasteiger partial charge < -0.3 is 14.5 Å². The first-order valence-corrected chi connectivity index (χ1v) is 12.7. The molecule has 1 aromatic heterocycles. The molecule has 0 saturated heterocycles. The third-order valence-electron chi connectivity index (χ3n) is 5.23. The second-order valence-corrected chi connectivity index (χ2v) is 9.31. The molecule has 2 aromatic carbocycles. The Morgan fingerprint density at radius 1 is 1.15 bits per heavy atom. The number of hydrogen-bond acceptors (Lipinski definition) is 7. The van der Waals surface area contributed by atoms with Gasteiger partial charge in [-0.3, -0.25) is 4.79 Å². The minimum Gasteiger partial charge on any atom is -0.465 e. The first kappa shape index (κ1) is 25.1. The minimum absolute atomic E-state index is 0.151. The summed E-state index contributed by atoms with van der Waals surface area (Å²) in [5.74, 6) is 1.34. The Morgan fingerprint density at radius 3 is 2.70 bits per heavy atom. The van der Waals surface area contributed by atoms with E-state index in [4.69, 9.17) is 20.8 Å². The number of carbonyl (C=O) groups excluding carboxylic acids is 1. The van der Waals surface area contributed by atoms with Crippen LogP contribution in [-0.2, 0) is 9.53 Å². The summed E-state index contributed by atoms with van der Waals surface area (Å²) in [7, 11) is 0. The fourth-order valence-corrected chi connectivity index (χ4v) is 4.33. The van der Waals surface area contributed by atoms with E-state index in [2.05, 4.69) is 29.4 Å². The highest BCUT2D eigenvalue weighted by atomic mass is 35.5. The van der Waals surface area contributed by atoms with Crippen LogP contribution in [0, 0.1) is 5.92 Å². The van der Waals surface area contributed by atoms with Gasteiger partial charge in [0.1, 0.15) is 0 Å². The molecular weight excluding hydrogens is 458 g/mol. The number of aromatic nitrogens is 2. The number of benzene rings is 2. The van der Waals surface area contributed by atoms with Gasteiger partial charge in [-0.25, -0.2) is 0 Å². The molecule has 3 rings (SSSR count). The number of carbonyl (C=O) groups is 1. The van der Waals surface area contributed by atoms with E-state index in [0.29, 0.717) is 41.6 Å². The second kappa shape index (κ2) is 13.3. The van der Waals surface area contributed by atoms with E-state index in [1.54, 1.807) is 23.9 Å². The minimum atomic E-state index is -0.151. The van der Waals surface area contributed by atoms with Gasteiger partial charge in [0.15, 0.2) is 0 Å². The average Bonchev–Trinajstić information content (AvgIpc) is 3.29. The smallest absolute Gasteiger partial charge is 0.320 e. The van der Waals surface area contributed by atoms with Crippen molar-refractivity contribution in [2.24, 2.45) is 5.92 Å². The molecule has 0 aliphatic heterocycles. The molecule has 0 fully saturated rings. The zero-order chi connectivity index (χ0) is 23.5. The molecule has 1 unspecified atom stereocenters. The van der Waals surface area contributed by atoms with Gasteiger partial charge in [0, 0.05) is 21.4 Å². The molecule has 1 N–H and O–H groups in total. The van der Waals surface area contributed by atoms with Gasteiger partial charge in [-0.1, -0.05) is 61.9 Å². The lowest BCUT2D eigenvalue weighted by Crippen LogP contribution is -2.14. The molecule has 0 aliphatic rings. The Morgan fingerprint density at radius 2 is 1.94 bits per heavy atom. The van der Waals surface area contributed by atoms with Crippen LogP contribution in [0.3, 0.4) is 0 Å². The topological polar surface area (TPSA) is 77.2 Å². The highest BCUT2D eigenvalue weighted by Crippen LogP contribution is 2.32. The van der Waals surface area contributed by atoms with E-state index in [0.717, 1.165) is 29.0 Å². The number of esters is 1. The molecular formula is C25H30ClN3O3S. The van der Waals surface area contributed by atoms with Gasteiger partial charge in [0.2, 0.25) is 0 Å². The summed E-state index contributed by atoms with van der Waals surface area (Å²) in [5, 5.41) is 12.0. The first-order chi connectivity index (χ1) is 16.1. The SMILES string of the molecule is CCCCC(CC)COC(=O)CCSc1ccccc1-c1nnc(Nc2ccc(Cl)cc2)o1. The van der Waals surface area contributed by atoms with Crippen LogP contribution in [0.4, 0.5) is 11.7 Å². The van der Waals surface area contributed by atoms with Crippen molar-refractivity contribution in [2.45, 2.75) is 50.8 Å². The van der Waals surface area contributed by atoms with Crippen LogP contribution in [0.1, 0.15) is 46.0 Å². The van der Waals surface area contributed by atoms with Crippen molar-refractivity contribution in [2.75, 3.05) is 17.7 Å². The van der Waals surface area contributed by atoms with Gasteiger partial charge in [-0.15, -0.1) is 16.9 Å². The Kier molecular flexibility index (Phi) is 10.1. The van der Waals surface area contributed by atoms with E-state index in [-0.39, 0.29) is 5.97 Å². The molecule has 176 valence electrons. The van der Waals surface area contributed by atoms with Crippen molar-refractivity contribution < 1.29 is 13.9 Å². The van der Waals surface area contributed by atoms with Crippen LogP contribution < -0.4 is 5.32 Å². The Bertz CT molecular complexity index is 1010. The van der Waals surface area contributed by atoms with Crippen molar-refractivity contribution in [3.8, 4) is 11.5 Å². The van der Waals surface area contributed by atoms with Gasteiger partial charge >= 0.3 is 12.0 Å². The molecule has 33 heavy (non-hydrogen) atoms. The van der Waals surface area contributed by atoms with E-state index in [1.165, 1.54) is 12.8 Å². The van der Waals surface area contributed by atoms with E-state index < -0.39 is 0 Å². The predicted molar refractivity (Wildman–Crippen MR) is 134 cm³/mol. The number of nitrogens with one attached hydrogen (secondary N) is 1. The van der Waals surface area contributed by atoms with Crippen molar-refractivity contribution in [1.29, 1.82) is 0 Å². The van der Waals surface area contributed by atoms with Gasteiger partial charge in [-0.2, -0.15) is 0 Å². The molecule has 6 nitrogen and oxygen atoms in total. The summed E-state index contributed by atoms with van der Waals surface area (Å²) in [4.78, 5) is 13.2. The van der Waals surface area contributed by atoms with Crippen LogP contribution in [0.5, 0.6) is 0 Å². The summed E-state index contributed by atoms with van der Waals surface area (Å²) in [6.07, 6.45) is 4.85. The molecule has 3 aromatic rings. The lowest BCUT2D eigenvalue weighted by atomic mass is 10.0. The Hall–Kier alpha value is -2.51. The van der Waals surface area contributed by atoms with Crippen molar-refractivity contribution in [3.05, 3.63) is 53.6 Å². The lowest BCUT2D eigenvalue weighted by Gasteiger charge is -2.14. The van der Waals surface area contributed by atoms with Gasteiger partial charge in [0.25, 0.3) is 5.89 Å². The monoisotopic (exact) mass is 487 g/mol. The molecule has 0 amide bonds. The van der Waals surface area contributed by atoms with E-state index in [9.17, 15) is 4.79 Å². The third-order valence-corrected chi connectivity index (χ3v) is 6.55. The zero-order valence-corrected chi connectivity index (χ0v) is 20.6. The first-order valence-electron chi connectivity index (χ1n) is 11.3. The Labute approximate surface area is 204 Å². The normalized spacial score (nSPS) is 11.8. The van der Waals surface area contributed by atoms with Crippen molar-refractivity contribution in [3.63, 3.8) is 0 Å². The largest absolute Gasteiger partial charge is 0.465 e. The van der Waals surface area contributed by atoms with Crippen LogP contribution >= 0.6 is 23.4 Å². The summed E-state index contributed by atoms with van der Waals surface area (Å²) in [5.41, 5.74) is 1.63.